The second-order valence-corrected chi connectivity index (χ2v) is 8.73. The lowest BCUT2D eigenvalue weighted by molar-refractivity contribution is 0.0991. The average Bonchev–Trinajstić information content (AvgIpc) is 3.31. The van der Waals surface area contributed by atoms with Gasteiger partial charge in [-0.25, -0.2) is 5.10 Å². The van der Waals surface area contributed by atoms with Crippen LogP contribution in [-0.4, -0.2) is 38.5 Å². The highest BCUT2D eigenvalue weighted by Gasteiger charge is 2.45. The van der Waals surface area contributed by atoms with Crippen molar-refractivity contribution in [3.63, 3.8) is 0 Å². The Bertz CT molecular complexity index is 1110. The number of hydrogen-bond acceptors (Lipinski definition) is 6. The molecule has 3 aromatic rings. The van der Waals surface area contributed by atoms with Crippen molar-refractivity contribution >= 4 is 11.8 Å². The number of nitrogens with two attached hydrogens (primary N) is 3. The molecule has 33 heavy (non-hydrogen) atoms. The van der Waals surface area contributed by atoms with Gasteiger partial charge in [-0.05, 0) is 82.6 Å². The number of amides is 2. The smallest absolute Gasteiger partial charge is 0.248 e. The fourth-order valence-electron chi connectivity index (χ4n) is 5.03. The maximum Gasteiger partial charge on any atom is 0.248 e. The number of aromatic nitrogens is 4. The van der Waals surface area contributed by atoms with Crippen LogP contribution in [-0.2, 0) is 18.3 Å². The van der Waals surface area contributed by atoms with Crippen molar-refractivity contribution in [2.45, 2.75) is 56.9 Å². The third-order valence-corrected chi connectivity index (χ3v) is 6.61. The van der Waals surface area contributed by atoms with Crippen LogP contribution in [0.5, 0.6) is 0 Å². The lowest BCUT2D eigenvalue weighted by Gasteiger charge is -2.36. The molecule has 0 bridgehead atoms. The first-order valence-electron chi connectivity index (χ1n) is 11.2. The van der Waals surface area contributed by atoms with E-state index >= 15 is 0 Å². The first-order chi connectivity index (χ1) is 15.9. The number of H-pyrrole nitrogens is 1. The molecule has 0 saturated heterocycles. The summed E-state index contributed by atoms with van der Waals surface area (Å²) in [7, 11) is 0. The number of nitrogens with one attached hydrogen (secondary N) is 1. The summed E-state index contributed by atoms with van der Waals surface area (Å²) in [4.78, 5) is 23.8. The summed E-state index contributed by atoms with van der Waals surface area (Å²) in [5.41, 5.74) is 21.8. The molecule has 4 rings (SSSR count). The first-order valence-corrected chi connectivity index (χ1v) is 11.2. The van der Waals surface area contributed by atoms with Gasteiger partial charge in [0.2, 0.25) is 11.8 Å². The van der Waals surface area contributed by atoms with Crippen molar-refractivity contribution in [1.29, 1.82) is 0 Å². The van der Waals surface area contributed by atoms with Gasteiger partial charge < -0.3 is 17.2 Å². The Morgan fingerprint density at radius 3 is 2.06 bits per heavy atom. The number of primary amides is 2. The van der Waals surface area contributed by atoms with Gasteiger partial charge in [0, 0.05) is 17.2 Å². The van der Waals surface area contributed by atoms with E-state index in [1.54, 1.807) is 12.1 Å². The van der Waals surface area contributed by atoms with Crippen LogP contribution in [0.1, 0.15) is 81.4 Å². The number of hydrogen-bond donors (Lipinski definition) is 4. The zero-order valence-electron chi connectivity index (χ0n) is 18.7. The molecule has 0 spiro atoms. The van der Waals surface area contributed by atoms with Crippen LogP contribution < -0.4 is 17.2 Å². The molecule has 0 saturated carbocycles. The first kappa shape index (κ1) is 22.6. The third-order valence-electron chi connectivity index (χ3n) is 6.61. The summed E-state index contributed by atoms with van der Waals surface area (Å²) < 4.78 is 0. The average molecular weight is 448 g/mol. The number of aryl methyl sites for hydroxylation is 2. The zero-order valence-corrected chi connectivity index (χ0v) is 18.7. The standard InChI is InChI=1S/C24H29N7O2/c1-2-3-4-18(25)13-24(23-28-30-31-29-23)19-9-7-16(21(26)32)11-14(19)5-6-15-12-17(22(27)33)8-10-20(15)24/h7-12,18H,2-6,13,25H2,1H3,(H2,26,32)(H2,27,33)(H,28,29,30,31)/t18-/m0/s1. The maximum absolute atomic E-state index is 11.9. The monoisotopic (exact) mass is 447 g/mol. The van der Waals surface area contributed by atoms with Crippen molar-refractivity contribution in [3.8, 4) is 0 Å². The highest BCUT2D eigenvalue weighted by atomic mass is 16.1. The van der Waals surface area contributed by atoms with E-state index in [9.17, 15) is 9.59 Å². The van der Waals surface area contributed by atoms with Crippen molar-refractivity contribution in [1.82, 2.24) is 20.6 Å². The van der Waals surface area contributed by atoms with E-state index in [0.29, 0.717) is 36.2 Å². The number of nitrogens with zero attached hydrogens (tertiary/aromatic N) is 3. The molecule has 1 aromatic heterocycles. The number of carbonyl (C=O) groups excluding carboxylic acids is 2. The number of fused-ring (bicyclic) bond motifs is 2. The second-order valence-electron chi connectivity index (χ2n) is 8.73. The molecule has 1 atom stereocenters. The van der Waals surface area contributed by atoms with Crippen LogP contribution >= 0.6 is 0 Å². The predicted octanol–water partition coefficient (Wildman–Crippen LogP) is 1.74. The van der Waals surface area contributed by atoms with E-state index in [0.717, 1.165) is 41.5 Å². The van der Waals surface area contributed by atoms with Crippen LogP contribution in [0.2, 0.25) is 0 Å². The van der Waals surface area contributed by atoms with Gasteiger partial charge in [-0.1, -0.05) is 31.9 Å². The molecular weight excluding hydrogens is 418 g/mol. The summed E-state index contributed by atoms with van der Waals surface area (Å²) in [5.74, 6) is -0.401. The van der Waals surface area contributed by atoms with E-state index in [4.69, 9.17) is 17.2 Å². The van der Waals surface area contributed by atoms with E-state index in [1.807, 2.05) is 24.3 Å². The van der Waals surface area contributed by atoms with Crippen LogP contribution in [0.3, 0.4) is 0 Å². The Kier molecular flexibility index (Phi) is 6.24. The molecule has 1 aliphatic rings. The molecule has 2 amide bonds. The van der Waals surface area contributed by atoms with E-state index in [-0.39, 0.29) is 6.04 Å². The molecule has 0 unspecified atom stereocenters. The number of rotatable bonds is 8. The Morgan fingerprint density at radius 2 is 1.61 bits per heavy atom. The van der Waals surface area contributed by atoms with Gasteiger partial charge in [-0.3, -0.25) is 9.59 Å². The molecule has 9 heteroatoms. The van der Waals surface area contributed by atoms with Crippen molar-refractivity contribution in [2.75, 3.05) is 0 Å². The summed E-state index contributed by atoms with van der Waals surface area (Å²) in [6.07, 6.45) is 4.76. The lowest BCUT2D eigenvalue weighted by Crippen LogP contribution is -2.39. The fourth-order valence-corrected chi connectivity index (χ4v) is 5.03. The van der Waals surface area contributed by atoms with E-state index < -0.39 is 17.2 Å². The molecule has 0 aliphatic heterocycles. The number of tetrazole rings is 1. The Balaban J connectivity index is 2.00. The Hall–Kier alpha value is -3.59. The minimum Gasteiger partial charge on any atom is -0.366 e. The lowest BCUT2D eigenvalue weighted by atomic mass is 9.67. The van der Waals surface area contributed by atoms with E-state index in [1.165, 1.54) is 0 Å². The summed E-state index contributed by atoms with van der Waals surface area (Å²) in [5, 5.41) is 15.1. The summed E-state index contributed by atoms with van der Waals surface area (Å²) in [6, 6.07) is 10.9. The van der Waals surface area contributed by atoms with Gasteiger partial charge in [0.15, 0.2) is 5.82 Å². The Labute approximate surface area is 192 Å². The SMILES string of the molecule is CCCC[C@H](N)CC1(c2nnn[nH]2)c2ccc(C(N)=O)cc2CCc2cc(C(N)=O)ccc21. The zero-order chi connectivity index (χ0) is 23.6. The number of benzene rings is 2. The molecule has 1 aliphatic carbocycles. The van der Waals surface area contributed by atoms with Gasteiger partial charge in [-0.15, -0.1) is 5.10 Å². The topological polar surface area (TPSA) is 167 Å². The molecule has 9 nitrogen and oxygen atoms in total. The minimum atomic E-state index is -0.788. The number of carbonyl (C=O) groups is 2. The molecular formula is C24H29N7O2. The third kappa shape index (κ3) is 4.11. The molecule has 0 radical (unpaired) electrons. The molecule has 172 valence electrons. The van der Waals surface area contributed by atoms with Crippen LogP contribution in [0.15, 0.2) is 36.4 Å². The summed E-state index contributed by atoms with van der Waals surface area (Å²) in [6.45, 7) is 2.13. The van der Waals surface area contributed by atoms with Crippen molar-refractivity contribution in [3.05, 3.63) is 75.6 Å². The molecule has 7 N–H and O–H groups in total. The maximum atomic E-state index is 11.9. The largest absolute Gasteiger partial charge is 0.366 e. The van der Waals surface area contributed by atoms with Crippen molar-refractivity contribution in [2.24, 2.45) is 17.2 Å². The quantitative estimate of drug-likeness (QED) is 0.410. The van der Waals surface area contributed by atoms with Gasteiger partial charge in [0.25, 0.3) is 0 Å². The molecule has 2 aromatic carbocycles. The van der Waals surface area contributed by atoms with Gasteiger partial charge >= 0.3 is 0 Å². The molecule has 0 fully saturated rings. The van der Waals surface area contributed by atoms with Crippen LogP contribution in [0.4, 0.5) is 0 Å². The van der Waals surface area contributed by atoms with Crippen LogP contribution in [0.25, 0.3) is 0 Å². The highest BCUT2D eigenvalue weighted by Crippen LogP contribution is 2.47. The van der Waals surface area contributed by atoms with Gasteiger partial charge in [0.05, 0.1) is 5.41 Å². The number of aromatic amines is 1. The highest BCUT2D eigenvalue weighted by molar-refractivity contribution is 5.94. The van der Waals surface area contributed by atoms with Crippen LogP contribution in [0, 0.1) is 0 Å². The normalized spacial score (nSPS) is 15.2. The molecule has 1 heterocycles. The summed E-state index contributed by atoms with van der Waals surface area (Å²) >= 11 is 0. The van der Waals surface area contributed by atoms with E-state index in [2.05, 4.69) is 27.5 Å². The van der Waals surface area contributed by atoms with Gasteiger partial charge in [0.1, 0.15) is 0 Å². The second kappa shape index (κ2) is 9.11. The van der Waals surface area contributed by atoms with Crippen molar-refractivity contribution < 1.29 is 9.59 Å². The minimum absolute atomic E-state index is 0.125. The Morgan fingerprint density at radius 1 is 1.03 bits per heavy atom. The fraction of sp³-hybridized carbons (Fsp3) is 0.375. The number of unbranched alkanes of at least 4 members (excludes halogenated alkanes) is 1. The van der Waals surface area contributed by atoms with Gasteiger partial charge in [-0.2, -0.15) is 0 Å². The predicted molar refractivity (Wildman–Crippen MR) is 124 cm³/mol.